The average Bonchev–Trinajstić information content (AvgIpc) is 3.08. The lowest BCUT2D eigenvalue weighted by Crippen LogP contribution is -2.31. The predicted octanol–water partition coefficient (Wildman–Crippen LogP) is 5.96. The molecule has 194 valence electrons. The second-order valence-corrected chi connectivity index (χ2v) is 10.6. The van der Waals surface area contributed by atoms with Crippen LogP contribution in [-0.2, 0) is 19.7 Å². The van der Waals surface area contributed by atoms with Crippen LogP contribution in [0.3, 0.4) is 0 Å². The standard InChI is InChI=1S/C30H39NO5/c1-8-36-24-15-12-21(18-23(24)19(2)3)27(32)25-26(20-10-13-22(14-11-20)30(4,5)6)31(16-9-17-35-7)29(34)28(25)33/h10-15,18-19,26,32H,8-9,16-17H2,1-7H3/b27-25-. The number of Topliss-reactive ketones (excluding diaryl/α,β-unsaturated/α-hetero) is 1. The largest absolute Gasteiger partial charge is 0.507 e. The molecule has 2 aromatic carbocycles. The Morgan fingerprint density at radius 2 is 1.75 bits per heavy atom. The number of hydrogen-bond acceptors (Lipinski definition) is 5. The van der Waals surface area contributed by atoms with Gasteiger partial charge in [0.1, 0.15) is 11.5 Å². The minimum atomic E-state index is -0.676. The van der Waals surface area contributed by atoms with E-state index in [1.165, 1.54) is 0 Å². The molecule has 1 unspecified atom stereocenters. The van der Waals surface area contributed by atoms with Crippen molar-refractivity contribution < 1.29 is 24.2 Å². The Morgan fingerprint density at radius 1 is 1.08 bits per heavy atom. The lowest BCUT2D eigenvalue weighted by molar-refractivity contribution is -0.140. The van der Waals surface area contributed by atoms with Gasteiger partial charge in [0, 0.05) is 25.8 Å². The lowest BCUT2D eigenvalue weighted by Gasteiger charge is -2.26. The molecule has 1 amide bonds. The summed E-state index contributed by atoms with van der Waals surface area (Å²) in [5.41, 5.74) is 3.44. The van der Waals surface area contributed by atoms with Crippen LogP contribution in [0.1, 0.15) is 82.2 Å². The maximum atomic E-state index is 13.3. The number of rotatable bonds is 9. The van der Waals surface area contributed by atoms with Crippen molar-refractivity contribution in [2.45, 2.75) is 65.3 Å². The number of amides is 1. The van der Waals surface area contributed by atoms with Gasteiger partial charge in [0.05, 0.1) is 18.2 Å². The summed E-state index contributed by atoms with van der Waals surface area (Å²) in [6, 6.07) is 12.7. The third-order valence-corrected chi connectivity index (χ3v) is 6.58. The molecule has 1 aliphatic heterocycles. The summed E-state index contributed by atoms with van der Waals surface area (Å²) in [7, 11) is 1.61. The van der Waals surface area contributed by atoms with Gasteiger partial charge in [-0.2, -0.15) is 0 Å². The minimum Gasteiger partial charge on any atom is -0.507 e. The summed E-state index contributed by atoms with van der Waals surface area (Å²) in [5, 5.41) is 11.5. The SMILES string of the molecule is CCOc1ccc(/C(O)=C2/C(=O)C(=O)N(CCCOC)C2c2ccc(C(C)(C)C)cc2)cc1C(C)C. The van der Waals surface area contributed by atoms with Crippen molar-refractivity contribution in [3.63, 3.8) is 0 Å². The van der Waals surface area contributed by atoms with Crippen LogP contribution in [0.25, 0.3) is 5.76 Å². The van der Waals surface area contributed by atoms with Crippen LogP contribution in [-0.4, -0.2) is 48.6 Å². The number of carbonyl (C=O) groups excluding carboxylic acids is 2. The molecule has 6 heteroatoms. The van der Waals surface area contributed by atoms with Crippen LogP contribution in [0.4, 0.5) is 0 Å². The fraction of sp³-hybridized carbons (Fsp3) is 0.467. The van der Waals surface area contributed by atoms with Gasteiger partial charge >= 0.3 is 0 Å². The molecule has 1 N–H and O–H groups in total. The normalized spacial score (nSPS) is 17.8. The van der Waals surface area contributed by atoms with Gasteiger partial charge in [-0.05, 0) is 59.6 Å². The van der Waals surface area contributed by atoms with Gasteiger partial charge in [-0.25, -0.2) is 0 Å². The minimum absolute atomic E-state index is 0.0334. The zero-order valence-electron chi connectivity index (χ0n) is 22.6. The van der Waals surface area contributed by atoms with E-state index in [0.717, 1.165) is 22.4 Å². The third kappa shape index (κ3) is 5.65. The van der Waals surface area contributed by atoms with Crippen LogP contribution in [0.15, 0.2) is 48.0 Å². The molecule has 0 bridgehead atoms. The summed E-state index contributed by atoms with van der Waals surface area (Å²) in [5.74, 6) is -0.547. The number of aliphatic hydroxyl groups is 1. The van der Waals surface area contributed by atoms with Crippen LogP contribution >= 0.6 is 0 Å². The highest BCUT2D eigenvalue weighted by molar-refractivity contribution is 6.46. The fourth-order valence-electron chi connectivity index (χ4n) is 4.59. The number of carbonyl (C=O) groups is 2. The van der Waals surface area contributed by atoms with E-state index in [4.69, 9.17) is 9.47 Å². The smallest absolute Gasteiger partial charge is 0.295 e. The van der Waals surface area contributed by atoms with E-state index in [9.17, 15) is 14.7 Å². The van der Waals surface area contributed by atoms with E-state index in [1.807, 2.05) is 57.2 Å². The number of nitrogens with zero attached hydrogens (tertiary/aromatic N) is 1. The maximum Gasteiger partial charge on any atom is 0.295 e. The predicted molar refractivity (Wildman–Crippen MR) is 142 cm³/mol. The molecule has 1 fully saturated rings. The molecule has 0 aromatic heterocycles. The van der Waals surface area contributed by atoms with E-state index in [-0.39, 0.29) is 22.7 Å². The highest BCUT2D eigenvalue weighted by Crippen LogP contribution is 2.41. The van der Waals surface area contributed by atoms with E-state index in [0.29, 0.717) is 31.7 Å². The first kappa shape index (κ1) is 27.5. The van der Waals surface area contributed by atoms with E-state index >= 15 is 0 Å². The van der Waals surface area contributed by atoms with Crippen LogP contribution < -0.4 is 4.74 Å². The summed E-state index contributed by atoms with van der Waals surface area (Å²) in [6.45, 7) is 13.8. The van der Waals surface area contributed by atoms with Gasteiger partial charge < -0.3 is 19.5 Å². The Bertz CT molecular complexity index is 1130. The van der Waals surface area contributed by atoms with Gasteiger partial charge in [0.2, 0.25) is 0 Å². The molecule has 0 saturated carbocycles. The van der Waals surface area contributed by atoms with Crippen molar-refractivity contribution in [3.8, 4) is 5.75 Å². The van der Waals surface area contributed by atoms with Crippen molar-refractivity contribution >= 4 is 17.4 Å². The quantitative estimate of drug-likeness (QED) is 0.202. The molecule has 6 nitrogen and oxygen atoms in total. The number of hydrogen-bond donors (Lipinski definition) is 1. The number of ketones is 1. The summed E-state index contributed by atoms with van der Waals surface area (Å²) >= 11 is 0. The second-order valence-electron chi connectivity index (χ2n) is 10.6. The first-order valence-corrected chi connectivity index (χ1v) is 12.7. The highest BCUT2D eigenvalue weighted by atomic mass is 16.5. The van der Waals surface area contributed by atoms with Crippen LogP contribution in [0, 0.1) is 0 Å². The Balaban J connectivity index is 2.15. The van der Waals surface area contributed by atoms with Crippen molar-refractivity contribution in [1.29, 1.82) is 0 Å². The third-order valence-electron chi connectivity index (χ3n) is 6.58. The molecule has 36 heavy (non-hydrogen) atoms. The molecule has 0 spiro atoms. The van der Waals surface area contributed by atoms with E-state index in [2.05, 4.69) is 20.8 Å². The van der Waals surface area contributed by atoms with Gasteiger partial charge in [-0.3, -0.25) is 9.59 Å². The highest BCUT2D eigenvalue weighted by Gasteiger charge is 2.45. The van der Waals surface area contributed by atoms with Gasteiger partial charge in [0.15, 0.2) is 0 Å². The number of ether oxygens (including phenoxy) is 2. The van der Waals surface area contributed by atoms with E-state index in [1.54, 1.807) is 18.1 Å². The molecule has 0 radical (unpaired) electrons. The van der Waals surface area contributed by atoms with Crippen molar-refractivity contribution in [1.82, 2.24) is 4.90 Å². The number of benzene rings is 2. The second kappa shape index (κ2) is 11.3. The van der Waals surface area contributed by atoms with Crippen molar-refractivity contribution in [2.24, 2.45) is 0 Å². The average molecular weight is 494 g/mol. The maximum absolute atomic E-state index is 13.3. The molecule has 3 rings (SSSR count). The van der Waals surface area contributed by atoms with Crippen LogP contribution in [0.5, 0.6) is 5.75 Å². The molecule has 1 atom stereocenters. The van der Waals surface area contributed by atoms with Crippen molar-refractivity contribution in [3.05, 3.63) is 70.3 Å². The topological polar surface area (TPSA) is 76.1 Å². The van der Waals surface area contributed by atoms with Gasteiger partial charge in [0.25, 0.3) is 11.7 Å². The Kier molecular flexibility index (Phi) is 8.62. The summed E-state index contributed by atoms with van der Waals surface area (Å²) < 4.78 is 10.9. The molecule has 1 aliphatic rings. The lowest BCUT2D eigenvalue weighted by atomic mass is 9.85. The Labute approximate surface area is 214 Å². The molecular weight excluding hydrogens is 454 g/mol. The number of likely N-dealkylation sites (tertiary alicyclic amines) is 1. The zero-order chi connectivity index (χ0) is 26.6. The monoisotopic (exact) mass is 493 g/mol. The Hall–Kier alpha value is -3.12. The molecule has 1 heterocycles. The Morgan fingerprint density at radius 3 is 2.31 bits per heavy atom. The first-order chi connectivity index (χ1) is 17.0. The molecule has 1 saturated heterocycles. The summed E-state index contributed by atoms with van der Waals surface area (Å²) in [6.07, 6.45) is 0.584. The van der Waals surface area contributed by atoms with Gasteiger partial charge in [-0.15, -0.1) is 0 Å². The molecule has 0 aliphatic carbocycles. The molecular formula is C30H39NO5. The van der Waals surface area contributed by atoms with E-state index < -0.39 is 17.7 Å². The number of methoxy groups -OCH3 is 1. The fourth-order valence-corrected chi connectivity index (χ4v) is 4.59. The van der Waals surface area contributed by atoms with Crippen molar-refractivity contribution in [2.75, 3.05) is 26.9 Å². The first-order valence-electron chi connectivity index (χ1n) is 12.7. The number of aliphatic hydroxyl groups excluding tert-OH is 1. The zero-order valence-corrected chi connectivity index (χ0v) is 22.6. The molecule has 2 aromatic rings. The van der Waals surface area contributed by atoms with Gasteiger partial charge in [-0.1, -0.05) is 58.9 Å². The van der Waals surface area contributed by atoms with Crippen LogP contribution in [0.2, 0.25) is 0 Å². The summed E-state index contributed by atoms with van der Waals surface area (Å²) in [4.78, 5) is 28.0.